The minimum Gasteiger partial charge on any atom is -0.388 e. The highest BCUT2D eigenvalue weighted by atomic mass is 32.2. The first kappa shape index (κ1) is 33.8. The summed E-state index contributed by atoms with van der Waals surface area (Å²) in [6.07, 6.45) is -3.63. The number of likely N-dealkylation sites (tertiary alicyclic amines) is 1. The largest absolute Gasteiger partial charge is 0.388 e. The number of amides is 2. The summed E-state index contributed by atoms with van der Waals surface area (Å²) in [6, 6.07) is 9.15. The van der Waals surface area contributed by atoms with Crippen molar-refractivity contribution in [3.8, 4) is 0 Å². The van der Waals surface area contributed by atoms with E-state index in [9.17, 15) is 37.0 Å². The highest BCUT2D eigenvalue weighted by Crippen LogP contribution is 2.28. The molecule has 0 radical (unpaired) electrons. The van der Waals surface area contributed by atoms with E-state index < -0.39 is 63.9 Å². The molecule has 3 N–H and O–H groups in total. The van der Waals surface area contributed by atoms with E-state index in [1.54, 1.807) is 17.0 Å². The number of aliphatic hydroxyl groups is 2. The number of rotatable bonds is 5. The quantitative estimate of drug-likeness (QED) is 0.396. The van der Waals surface area contributed by atoms with E-state index in [0.29, 0.717) is 31.6 Å². The molecule has 256 valence electrons. The number of fused-ring (bicyclic) bond motifs is 6. The maximum atomic E-state index is 14.1. The predicted molar refractivity (Wildman–Crippen MR) is 164 cm³/mol. The Bertz CT molecular complexity index is 1580. The van der Waals surface area contributed by atoms with Gasteiger partial charge in [-0.2, -0.15) is 0 Å². The third kappa shape index (κ3) is 7.82. The van der Waals surface area contributed by atoms with Crippen LogP contribution in [0.3, 0.4) is 0 Å². The number of nitrogens with zero attached hydrogens (tertiary/aromatic N) is 3. The molecule has 4 heterocycles. The standard InChI is InChI=1S/C32H40F2N4O8S/c1-47(43,44)23-5-2-19(3-6-23)14-38-15-21-11-26(38)32(42)37-8-9-45-22(17-37)16-36(13-20-4-7-24(33)25(34)10-20)18-28-31(41)30(40)27(46-28)12-29(39)35-21/h2-7,10,21-22,26-28,30-31,40-41H,8-9,11-18H2,1H3,(H,35,39)/t21-,22+,26-,27-,28+,30-,31+/m0/s1. The van der Waals surface area contributed by atoms with Gasteiger partial charge in [0.25, 0.3) is 0 Å². The second-order valence-electron chi connectivity index (χ2n) is 13.0. The van der Waals surface area contributed by atoms with Gasteiger partial charge < -0.3 is 29.9 Å². The van der Waals surface area contributed by atoms with Crippen LogP contribution in [0.2, 0.25) is 0 Å². The zero-order chi connectivity index (χ0) is 33.5. The molecule has 0 saturated carbocycles. The van der Waals surface area contributed by atoms with E-state index in [-0.39, 0.29) is 56.1 Å². The minimum atomic E-state index is -3.37. The van der Waals surface area contributed by atoms with Gasteiger partial charge in [-0.25, -0.2) is 17.2 Å². The normalized spacial score (nSPS) is 31.3. The molecule has 0 spiro atoms. The van der Waals surface area contributed by atoms with Crippen molar-refractivity contribution in [2.45, 2.75) is 73.4 Å². The van der Waals surface area contributed by atoms with Crippen LogP contribution in [0.5, 0.6) is 0 Å². The number of morpholine rings is 1. The maximum Gasteiger partial charge on any atom is 0.240 e. The smallest absolute Gasteiger partial charge is 0.240 e. The van der Waals surface area contributed by atoms with Gasteiger partial charge in [0.2, 0.25) is 11.8 Å². The zero-order valence-electron chi connectivity index (χ0n) is 26.0. The van der Waals surface area contributed by atoms with Crippen LogP contribution >= 0.6 is 0 Å². The first-order valence-corrected chi connectivity index (χ1v) is 17.6. The van der Waals surface area contributed by atoms with Crippen molar-refractivity contribution in [3.63, 3.8) is 0 Å². The fraction of sp³-hybridized carbons (Fsp3) is 0.562. The Balaban J connectivity index is 1.26. The highest BCUT2D eigenvalue weighted by molar-refractivity contribution is 7.90. The van der Waals surface area contributed by atoms with Gasteiger partial charge in [0.05, 0.1) is 42.3 Å². The van der Waals surface area contributed by atoms with Crippen LogP contribution in [0.25, 0.3) is 0 Å². The number of sulfone groups is 1. The number of benzene rings is 2. The van der Waals surface area contributed by atoms with Crippen LogP contribution in [-0.4, -0.2) is 133 Å². The molecule has 4 aliphatic rings. The van der Waals surface area contributed by atoms with Gasteiger partial charge in [-0.1, -0.05) is 18.2 Å². The van der Waals surface area contributed by atoms with Gasteiger partial charge in [-0.05, 0) is 41.8 Å². The summed E-state index contributed by atoms with van der Waals surface area (Å²) in [5, 5.41) is 24.7. The number of carbonyl (C=O) groups excluding carboxylic acids is 2. The zero-order valence-corrected chi connectivity index (χ0v) is 26.8. The summed E-state index contributed by atoms with van der Waals surface area (Å²) in [6.45, 7) is 2.12. The summed E-state index contributed by atoms with van der Waals surface area (Å²) >= 11 is 0. The van der Waals surface area contributed by atoms with Gasteiger partial charge in [0, 0.05) is 58.1 Å². The van der Waals surface area contributed by atoms with E-state index >= 15 is 0 Å². The number of carbonyl (C=O) groups is 2. The van der Waals surface area contributed by atoms with Crippen molar-refractivity contribution in [1.82, 2.24) is 20.0 Å². The fourth-order valence-electron chi connectivity index (χ4n) is 7.01. The molecule has 4 aliphatic heterocycles. The molecule has 2 amide bonds. The summed E-state index contributed by atoms with van der Waals surface area (Å²) in [5.74, 6) is -2.47. The number of nitrogens with one attached hydrogen (secondary N) is 1. The molecular formula is C32H40F2N4O8S. The lowest BCUT2D eigenvalue weighted by atomic mass is 10.0. The SMILES string of the molecule is CS(=O)(=O)c1ccc(CN2C[C@@H]3C[C@H]2C(=O)N2CCO[C@H](CN(Cc4ccc(F)c(F)c4)C[C@H]4O[C@@H](CC(=O)N3)[C@H](O)[C@@H]4O)C2)cc1. The molecule has 12 nitrogen and oxygen atoms in total. The van der Waals surface area contributed by atoms with Crippen molar-refractivity contribution < 1.29 is 46.5 Å². The molecule has 0 unspecified atom stereocenters. The van der Waals surface area contributed by atoms with Gasteiger partial charge >= 0.3 is 0 Å². The molecule has 4 saturated heterocycles. The van der Waals surface area contributed by atoms with Gasteiger partial charge in [0.15, 0.2) is 21.5 Å². The molecule has 2 aromatic rings. The molecule has 6 bridgehead atoms. The Labute approximate surface area is 272 Å². The Morgan fingerprint density at radius 3 is 2.36 bits per heavy atom. The molecule has 7 atom stereocenters. The van der Waals surface area contributed by atoms with Crippen molar-refractivity contribution in [1.29, 1.82) is 0 Å². The van der Waals surface area contributed by atoms with Crippen molar-refractivity contribution in [2.24, 2.45) is 0 Å². The average molecular weight is 679 g/mol. The highest BCUT2D eigenvalue weighted by Gasteiger charge is 2.46. The molecule has 47 heavy (non-hydrogen) atoms. The Kier molecular flexibility index (Phi) is 9.95. The van der Waals surface area contributed by atoms with Crippen LogP contribution < -0.4 is 5.32 Å². The second kappa shape index (κ2) is 13.8. The fourth-order valence-corrected chi connectivity index (χ4v) is 7.64. The topological polar surface area (TPSA) is 149 Å². The van der Waals surface area contributed by atoms with E-state index in [2.05, 4.69) is 5.32 Å². The second-order valence-corrected chi connectivity index (χ2v) is 15.0. The minimum absolute atomic E-state index is 0.0975. The van der Waals surface area contributed by atoms with Gasteiger partial charge in [0.1, 0.15) is 12.2 Å². The monoisotopic (exact) mass is 678 g/mol. The molecular weight excluding hydrogens is 638 g/mol. The molecule has 15 heteroatoms. The molecule has 4 fully saturated rings. The summed E-state index contributed by atoms with van der Waals surface area (Å²) < 4.78 is 63.7. The van der Waals surface area contributed by atoms with Crippen molar-refractivity contribution in [3.05, 3.63) is 65.2 Å². The number of hydrogen-bond donors (Lipinski definition) is 3. The van der Waals surface area contributed by atoms with Crippen LogP contribution in [0, 0.1) is 11.6 Å². The van der Waals surface area contributed by atoms with E-state index in [1.807, 2.05) is 9.80 Å². The predicted octanol–water partition coefficient (Wildman–Crippen LogP) is 0.0499. The van der Waals surface area contributed by atoms with Crippen molar-refractivity contribution >= 4 is 21.7 Å². The first-order valence-electron chi connectivity index (χ1n) is 15.7. The van der Waals surface area contributed by atoms with E-state index in [4.69, 9.17) is 9.47 Å². The van der Waals surface area contributed by atoms with Crippen LogP contribution in [0.4, 0.5) is 8.78 Å². The Hall–Kier alpha value is -3.05. The van der Waals surface area contributed by atoms with Gasteiger partial charge in [-0.15, -0.1) is 0 Å². The summed E-state index contributed by atoms with van der Waals surface area (Å²) in [5.41, 5.74) is 1.28. The summed E-state index contributed by atoms with van der Waals surface area (Å²) in [4.78, 5) is 33.0. The number of halogens is 2. The lowest BCUT2D eigenvalue weighted by Crippen LogP contribution is -2.54. The third-order valence-corrected chi connectivity index (χ3v) is 10.5. The Morgan fingerprint density at radius 1 is 0.915 bits per heavy atom. The van der Waals surface area contributed by atoms with E-state index in [1.165, 1.54) is 18.2 Å². The maximum absolute atomic E-state index is 14.1. The first-order chi connectivity index (χ1) is 22.3. The number of aliphatic hydroxyl groups excluding tert-OH is 2. The average Bonchev–Trinajstić information content (AvgIpc) is 3.53. The van der Waals surface area contributed by atoms with Crippen LogP contribution in [-0.2, 0) is 42.0 Å². The van der Waals surface area contributed by atoms with Crippen molar-refractivity contribution in [2.75, 3.05) is 45.6 Å². The Morgan fingerprint density at radius 2 is 1.64 bits per heavy atom. The molecule has 0 aromatic heterocycles. The number of hydrogen-bond acceptors (Lipinski definition) is 10. The molecule has 2 aromatic carbocycles. The van der Waals surface area contributed by atoms with Crippen LogP contribution in [0.1, 0.15) is 24.0 Å². The van der Waals surface area contributed by atoms with Crippen LogP contribution in [0.15, 0.2) is 47.4 Å². The lowest BCUT2D eigenvalue weighted by molar-refractivity contribution is -0.145. The lowest BCUT2D eigenvalue weighted by Gasteiger charge is -2.38. The van der Waals surface area contributed by atoms with Gasteiger partial charge in [-0.3, -0.25) is 19.4 Å². The summed E-state index contributed by atoms with van der Waals surface area (Å²) in [7, 11) is -3.37. The third-order valence-electron chi connectivity index (χ3n) is 9.38. The molecule has 0 aliphatic carbocycles. The van der Waals surface area contributed by atoms with E-state index in [0.717, 1.165) is 24.0 Å². The number of ether oxygens (including phenoxy) is 2. The molecule has 6 rings (SSSR count).